The van der Waals surface area contributed by atoms with Gasteiger partial charge in [-0.25, -0.2) is 0 Å². The van der Waals surface area contributed by atoms with E-state index in [0.29, 0.717) is 18.9 Å². The van der Waals surface area contributed by atoms with Crippen molar-refractivity contribution < 1.29 is 28.2 Å². The number of nitrogens with two attached hydrogens (primary N) is 1. The van der Waals surface area contributed by atoms with Gasteiger partial charge in [0.1, 0.15) is 5.60 Å². The van der Waals surface area contributed by atoms with Gasteiger partial charge in [0, 0.05) is 12.1 Å². The van der Waals surface area contributed by atoms with Gasteiger partial charge >= 0.3 is 5.97 Å². The third-order valence-electron chi connectivity index (χ3n) is 8.22. The molecule has 0 aromatic rings. The summed E-state index contributed by atoms with van der Waals surface area (Å²) < 4.78 is 25.6. The molecule has 2 N–H and O–H groups in total. The Morgan fingerprint density at radius 3 is 2.35 bits per heavy atom. The largest absolute Gasteiger partial charge is 0.465 e. The van der Waals surface area contributed by atoms with Gasteiger partial charge in [-0.2, -0.15) is 0 Å². The van der Waals surface area contributed by atoms with Crippen molar-refractivity contribution in [2.75, 3.05) is 13.2 Å². The maximum Gasteiger partial charge on any atom is 0.311 e. The molecule has 0 amide bonds. The van der Waals surface area contributed by atoms with Gasteiger partial charge < -0.3 is 24.4 Å². The third kappa shape index (κ3) is 8.90. The van der Waals surface area contributed by atoms with Crippen molar-refractivity contribution in [3.8, 4) is 0 Å². The van der Waals surface area contributed by atoms with Gasteiger partial charge in [-0.1, -0.05) is 27.7 Å². The molecule has 2 heterocycles. The molecule has 0 saturated carbocycles. The first kappa shape index (κ1) is 32.0. The molecule has 0 aromatic heterocycles. The lowest BCUT2D eigenvalue weighted by molar-refractivity contribution is -0.183. The number of hydrogen-bond donors (Lipinski definition) is 1. The molecule has 2 fully saturated rings. The van der Waals surface area contributed by atoms with Crippen molar-refractivity contribution in [3.63, 3.8) is 0 Å². The number of allylic oxidation sites excluding steroid dienone is 2. The van der Waals surface area contributed by atoms with Crippen LogP contribution in [0.4, 0.5) is 0 Å². The number of ether oxygens (including phenoxy) is 3. The van der Waals surface area contributed by atoms with Crippen LogP contribution in [0.25, 0.3) is 0 Å². The average Bonchev–Trinajstić information content (AvgIpc) is 3.11. The van der Waals surface area contributed by atoms with Gasteiger partial charge in [0.2, 0.25) is 0 Å². The van der Waals surface area contributed by atoms with Crippen LogP contribution < -0.4 is 5.73 Å². The van der Waals surface area contributed by atoms with Crippen LogP contribution in [0.2, 0.25) is 18.1 Å². The monoisotopic (exact) mass is 539 g/mol. The molecule has 214 valence electrons. The molecule has 37 heavy (non-hydrogen) atoms. The molecule has 5 atom stereocenters. The molecule has 2 aliphatic heterocycles. The molecular formula is C29H53NO6Si. The minimum absolute atomic E-state index is 0.0175. The predicted octanol–water partition coefficient (Wildman–Crippen LogP) is 5.91. The number of rotatable bonds is 11. The van der Waals surface area contributed by atoms with Crippen LogP contribution in [0.1, 0.15) is 93.9 Å². The summed E-state index contributed by atoms with van der Waals surface area (Å²) in [6.45, 7) is 21.4. The molecule has 0 spiro atoms. The highest BCUT2D eigenvalue weighted by Gasteiger charge is 2.54. The fourth-order valence-electron chi connectivity index (χ4n) is 4.75. The zero-order valence-electron chi connectivity index (χ0n) is 25.1. The molecule has 0 aromatic carbocycles. The maximum atomic E-state index is 12.1. The van der Waals surface area contributed by atoms with E-state index in [1.54, 1.807) is 0 Å². The number of ketones is 1. The molecular weight excluding hydrogens is 486 g/mol. The summed E-state index contributed by atoms with van der Waals surface area (Å²) >= 11 is 0. The van der Waals surface area contributed by atoms with Gasteiger partial charge in [-0.15, -0.1) is 0 Å². The Kier molecular flexibility index (Phi) is 10.6. The minimum atomic E-state index is -1.99. The number of hydrogen-bond acceptors (Lipinski definition) is 7. The summed E-state index contributed by atoms with van der Waals surface area (Å²) in [5.74, 6) is -0.154. The fourth-order valence-corrected chi connectivity index (χ4v) is 5.78. The lowest BCUT2D eigenvalue weighted by Crippen LogP contribution is -2.55. The van der Waals surface area contributed by atoms with Crippen LogP contribution in [0.15, 0.2) is 11.8 Å². The first-order chi connectivity index (χ1) is 16.9. The number of carbonyl (C=O) groups is 2. The Morgan fingerprint density at radius 1 is 1.14 bits per heavy atom. The third-order valence-corrected chi connectivity index (χ3v) is 12.7. The Labute approximate surface area is 226 Å². The van der Waals surface area contributed by atoms with Crippen molar-refractivity contribution in [2.24, 2.45) is 17.1 Å². The average molecular weight is 540 g/mol. The number of esters is 1. The molecule has 7 nitrogen and oxygen atoms in total. The molecule has 0 aliphatic carbocycles. The van der Waals surface area contributed by atoms with E-state index in [-0.39, 0.29) is 41.0 Å². The van der Waals surface area contributed by atoms with Gasteiger partial charge in [0.15, 0.2) is 14.1 Å². The summed E-state index contributed by atoms with van der Waals surface area (Å²) in [5, 5.41) is 0.101. The van der Waals surface area contributed by atoms with E-state index in [4.69, 9.17) is 24.4 Å². The van der Waals surface area contributed by atoms with Gasteiger partial charge in [-0.3, -0.25) is 9.59 Å². The van der Waals surface area contributed by atoms with Crippen LogP contribution in [-0.2, 0) is 28.2 Å². The standard InChI is InChI=1S/C29H53NO6Si/c1-20(24(30)17-21(2)31)16-22-13-14-25-29(36-22,19-34-37(9,10)28(6,7)8)18-23(35-25)12-11-15-33-26(32)27(3,4)5/h17,20,22-23,25H,11-16,18-19,30H2,1-10H3/b24-17-/t20-,22?,23+,25+,29-/m1/s1. The van der Waals surface area contributed by atoms with Crippen molar-refractivity contribution in [1.82, 2.24) is 0 Å². The molecule has 2 aliphatic rings. The zero-order chi connectivity index (χ0) is 28.2. The Bertz CT molecular complexity index is 827. The second kappa shape index (κ2) is 12.3. The summed E-state index contributed by atoms with van der Waals surface area (Å²) in [5.41, 5.74) is 5.80. The minimum Gasteiger partial charge on any atom is -0.465 e. The summed E-state index contributed by atoms with van der Waals surface area (Å²) in [6.07, 6.45) is 6.47. The van der Waals surface area contributed by atoms with E-state index in [2.05, 4.69) is 40.8 Å². The second-order valence-corrected chi connectivity index (χ2v) is 18.6. The summed E-state index contributed by atoms with van der Waals surface area (Å²) in [6, 6.07) is 0. The molecule has 0 radical (unpaired) electrons. The first-order valence-corrected chi connectivity index (χ1v) is 16.9. The lowest BCUT2D eigenvalue weighted by Gasteiger charge is -2.45. The number of carbonyl (C=O) groups excluding carboxylic acids is 2. The fraction of sp³-hybridized carbons (Fsp3) is 0.862. The smallest absolute Gasteiger partial charge is 0.311 e. The van der Waals surface area contributed by atoms with Crippen LogP contribution in [0.5, 0.6) is 0 Å². The molecule has 2 rings (SSSR count). The van der Waals surface area contributed by atoms with Gasteiger partial charge in [0.05, 0.1) is 36.9 Å². The lowest BCUT2D eigenvalue weighted by atomic mass is 9.84. The molecule has 1 unspecified atom stereocenters. The second-order valence-electron chi connectivity index (χ2n) is 13.8. The highest BCUT2D eigenvalue weighted by atomic mass is 28.4. The Balaban J connectivity index is 2.10. The van der Waals surface area contributed by atoms with Crippen LogP contribution >= 0.6 is 0 Å². The first-order valence-electron chi connectivity index (χ1n) is 14.0. The highest BCUT2D eigenvalue weighted by Crippen LogP contribution is 2.46. The van der Waals surface area contributed by atoms with E-state index in [1.165, 1.54) is 13.0 Å². The zero-order valence-corrected chi connectivity index (χ0v) is 26.1. The van der Waals surface area contributed by atoms with E-state index in [1.807, 2.05) is 20.8 Å². The number of fused-ring (bicyclic) bond motifs is 1. The quantitative estimate of drug-likeness (QED) is 0.151. The van der Waals surface area contributed by atoms with Crippen LogP contribution in [0.3, 0.4) is 0 Å². The topological polar surface area (TPSA) is 97.1 Å². The maximum absolute atomic E-state index is 12.1. The summed E-state index contributed by atoms with van der Waals surface area (Å²) in [7, 11) is -1.99. The van der Waals surface area contributed by atoms with Crippen molar-refractivity contribution >= 4 is 20.1 Å². The molecule has 2 saturated heterocycles. The Hall–Kier alpha value is -1.22. The van der Waals surface area contributed by atoms with E-state index >= 15 is 0 Å². The van der Waals surface area contributed by atoms with Crippen molar-refractivity contribution in [1.29, 1.82) is 0 Å². The van der Waals surface area contributed by atoms with Gasteiger partial charge in [0.25, 0.3) is 0 Å². The van der Waals surface area contributed by atoms with E-state index < -0.39 is 19.3 Å². The summed E-state index contributed by atoms with van der Waals surface area (Å²) in [4.78, 5) is 23.6. The van der Waals surface area contributed by atoms with Crippen LogP contribution in [-0.4, -0.2) is 57.2 Å². The molecule has 8 heteroatoms. The van der Waals surface area contributed by atoms with E-state index in [9.17, 15) is 9.59 Å². The SMILES string of the molecule is CC(=O)/C=C(\N)[C@H](C)CC1CC[C@@H]2O[C@@H](CCCOC(=O)C(C)(C)C)C[C@]2(CO[Si](C)(C)C(C)(C)C)O1. The highest BCUT2D eigenvalue weighted by molar-refractivity contribution is 6.74. The van der Waals surface area contributed by atoms with E-state index in [0.717, 1.165) is 38.5 Å². The van der Waals surface area contributed by atoms with Crippen molar-refractivity contribution in [3.05, 3.63) is 11.8 Å². The van der Waals surface area contributed by atoms with Crippen LogP contribution in [0, 0.1) is 11.3 Å². The Morgan fingerprint density at radius 2 is 1.78 bits per heavy atom. The molecule has 0 bridgehead atoms. The normalized spacial score (nSPS) is 28.1. The predicted molar refractivity (Wildman–Crippen MR) is 150 cm³/mol. The van der Waals surface area contributed by atoms with Crippen molar-refractivity contribution in [2.45, 2.75) is 136 Å². The van der Waals surface area contributed by atoms with Gasteiger partial charge in [-0.05, 0) is 89.9 Å².